The van der Waals surface area contributed by atoms with Gasteiger partial charge >= 0.3 is 0 Å². The van der Waals surface area contributed by atoms with Crippen molar-refractivity contribution in [1.82, 2.24) is 15.4 Å². The van der Waals surface area contributed by atoms with Crippen LogP contribution in [0.25, 0.3) is 11.0 Å². The summed E-state index contributed by atoms with van der Waals surface area (Å²) in [7, 11) is -3.27. The molecule has 98 valence electrons. The number of aromatic amines is 1. The average molecular weight is 268 g/mol. The largest absolute Gasteiger partial charge is 0.283 e. The maximum atomic E-state index is 11.8. The summed E-state index contributed by atoms with van der Waals surface area (Å²) in [6.07, 6.45) is 2.60. The molecule has 7 heteroatoms. The van der Waals surface area contributed by atoms with E-state index >= 15 is 0 Å². The monoisotopic (exact) mass is 268 g/mol. The maximum absolute atomic E-state index is 11.8. The van der Waals surface area contributed by atoms with Gasteiger partial charge in [0, 0.05) is 0 Å². The number of fused-ring (bicyclic) bond motifs is 1. The molecule has 2 rings (SSSR count). The summed E-state index contributed by atoms with van der Waals surface area (Å²) >= 11 is 0. The molecule has 0 unspecified atom stereocenters. The van der Waals surface area contributed by atoms with Crippen molar-refractivity contribution in [2.75, 3.05) is 10.5 Å². The highest BCUT2D eigenvalue weighted by Gasteiger charge is 2.10. The molecule has 2 N–H and O–H groups in total. The van der Waals surface area contributed by atoms with Crippen LogP contribution in [0.1, 0.15) is 26.2 Å². The lowest BCUT2D eigenvalue weighted by Gasteiger charge is -2.07. The van der Waals surface area contributed by atoms with Gasteiger partial charge in [0.25, 0.3) is 0 Å². The second kappa shape index (κ2) is 5.34. The number of unbranched alkanes of at least 4 members (excludes halogenated alkanes) is 2. The molecule has 18 heavy (non-hydrogen) atoms. The van der Waals surface area contributed by atoms with Crippen molar-refractivity contribution in [1.29, 1.82) is 0 Å². The van der Waals surface area contributed by atoms with E-state index in [2.05, 4.69) is 20.1 Å². The minimum atomic E-state index is -3.27. The lowest BCUT2D eigenvalue weighted by atomic mass is 10.3. The minimum absolute atomic E-state index is 0.150. The van der Waals surface area contributed by atoms with Gasteiger partial charge in [-0.2, -0.15) is 15.4 Å². The third kappa shape index (κ3) is 3.19. The first-order valence-electron chi connectivity index (χ1n) is 5.92. The van der Waals surface area contributed by atoms with E-state index in [4.69, 9.17) is 0 Å². The highest BCUT2D eigenvalue weighted by molar-refractivity contribution is 7.92. The van der Waals surface area contributed by atoms with Crippen molar-refractivity contribution in [3.8, 4) is 0 Å². The summed E-state index contributed by atoms with van der Waals surface area (Å²) in [5.74, 6) is 0.150. The van der Waals surface area contributed by atoms with Gasteiger partial charge in [-0.15, -0.1) is 0 Å². The number of aromatic nitrogens is 3. The second-order valence-electron chi connectivity index (χ2n) is 4.16. The van der Waals surface area contributed by atoms with E-state index in [1.807, 2.05) is 6.92 Å². The van der Waals surface area contributed by atoms with Gasteiger partial charge in [-0.05, 0) is 24.6 Å². The summed E-state index contributed by atoms with van der Waals surface area (Å²) in [6, 6.07) is 5.07. The highest BCUT2D eigenvalue weighted by atomic mass is 32.2. The SMILES string of the molecule is CCCCCS(=O)(=O)Nc1ccc2n[nH]nc2c1. The number of H-pyrrole nitrogens is 1. The van der Waals surface area contributed by atoms with Crippen molar-refractivity contribution in [2.45, 2.75) is 26.2 Å². The van der Waals surface area contributed by atoms with Gasteiger partial charge in [0.15, 0.2) is 0 Å². The van der Waals surface area contributed by atoms with Crippen LogP contribution in [-0.2, 0) is 10.0 Å². The van der Waals surface area contributed by atoms with Gasteiger partial charge in [0.1, 0.15) is 11.0 Å². The Morgan fingerprint density at radius 1 is 1.22 bits per heavy atom. The minimum Gasteiger partial charge on any atom is -0.283 e. The molecule has 6 nitrogen and oxygen atoms in total. The lowest BCUT2D eigenvalue weighted by Crippen LogP contribution is -2.16. The Morgan fingerprint density at radius 3 is 2.78 bits per heavy atom. The number of benzene rings is 1. The van der Waals surface area contributed by atoms with Gasteiger partial charge in [0.05, 0.1) is 11.4 Å². The third-order valence-electron chi connectivity index (χ3n) is 2.61. The summed E-state index contributed by atoms with van der Waals surface area (Å²) in [5.41, 5.74) is 1.88. The first-order chi connectivity index (χ1) is 8.61. The third-order valence-corrected chi connectivity index (χ3v) is 3.98. The van der Waals surface area contributed by atoms with E-state index in [-0.39, 0.29) is 5.75 Å². The Labute approximate surface area is 106 Å². The molecule has 0 aliphatic rings. The van der Waals surface area contributed by atoms with Crippen molar-refractivity contribution >= 4 is 26.7 Å². The zero-order chi connectivity index (χ0) is 13.0. The molecule has 0 radical (unpaired) electrons. The number of hydrogen-bond acceptors (Lipinski definition) is 4. The highest BCUT2D eigenvalue weighted by Crippen LogP contribution is 2.16. The van der Waals surface area contributed by atoms with Crippen LogP contribution in [0.2, 0.25) is 0 Å². The fourth-order valence-corrected chi connectivity index (χ4v) is 2.85. The first-order valence-corrected chi connectivity index (χ1v) is 7.57. The van der Waals surface area contributed by atoms with Crippen LogP contribution in [0, 0.1) is 0 Å². The molecule has 0 aliphatic heterocycles. The van der Waals surface area contributed by atoms with Gasteiger partial charge in [0.2, 0.25) is 10.0 Å². The van der Waals surface area contributed by atoms with E-state index in [0.29, 0.717) is 23.1 Å². The number of anilines is 1. The fraction of sp³-hybridized carbons (Fsp3) is 0.455. The Morgan fingerprint density at radius 2 is 2.00 bits per heavy atom. The van der Waals surface area contributed by atoms with E-state index in [1.54, 1.807) is 18.2 Å². The lowest BCUT2D eigenvalue weighted by molar-refractivity contribution is 0.596. The maximum Gasteiger partial charge on any atom is 0.232 e. The van der Waals surface area contributed by atoms with Crippen LogP contribution in [-0.4, -0.2) is 29.6 Å². The predicted octanol–water partition coefficient (Wildman–Crippen LogP) is 1.89. The molecule has 1 aromatic carbocycles. The summed E-state index contributed by atoms with van der Waals surface area (Å²) in [6.45, 7) is 2.04. The van der Waals surface area contributed by atoms with Crippen molar-refractivity contribution < 1.29 is 8.42 Å². The first kappa shape index (κ1) is 12.8. The second-order valence-corrected chi connectivity index (χ2v) is 6.00. The van der Waals surface area contributed by atoms with Crippen LogP contribution in [0.15, 0.2) is 18.2 Å². The smallest absolute Gasteiger partial charge is 0.232 e. The number of rotatable bonds is 6. The van der Waals surface area contributed by atoms with Crippen molar-refractivity contribution in [3.63, 3.8) is 0 Å². The Balaban J connectivity index is 2.07. The molecule has 2 aromatic rings. The van der Waals surface area contributed by atoms with Gasteiger partial charge < -0.3 is 0 Å². The Hall–Kier alpha value is -1.63. The molecule has 0 amide bonds. The summed E-state index contributed by atoms with van der Waals surface area (Å²) in [4.78, 5) is 0. The van der Waals surface area contributed by atoms with Gasteiger partial charge in [-0.3, -0.25) is 4.72 Å². The molecule has 1 aromatic heterocycles. The normalized spacial score (nSPS) is 11.8. The number of nitrogens with one attached hydrogen (secondary N) is 2. The molecule has 0 atom stereocenters. The Bertz CT molecular complexity index is 621. The molecular weight excluding hydrogens is 252 g/mol. The molecule has 0 spiro atoms. The van der Waals surface area contributed by atoms with E-state index in [9.17, 15) is 8.42 Å². The van der Waals surface area contributed by atoms with Crippen LogP contribution in [0.4, 0.5) is 5.69 Å². The Kier molecular flexibility index (Phi) is 3.81. The van der Waals surface area contributed by atoms with Crippen LogP contribution in [0.3, 0.4) is 0 Å². The van der Waals surface area contributed by atoms with Crippen molar-refractivity contribution in [3.05, 3.63) is 18.2 Å². The molecule has 0 saturated heterocycles. The number of hydrogen-bond donors (Lipinski definition) is 2. The number of sulfonamides is 1. The van der Waals surface area contributed by atoms with E-state index < -0.39 is 10.0 Å². The zero-order valence-electron chi connectivity index (χ0n) is 10.2. The standard InChI is InChI=1S/C11H16N4O2S/c1-2-3-4-7-18(16,17)14-9-5-6-10-11(8-9)13-15-12-10/h5-6,8,14H,2-4,7H2,1H3,(H,12,13,15). The quantitative estimate of drug-likeness (QED) is 0.783. The van der Waals surface area contributed by atoms with Crippen LogP contribution < -0.4 is 4.72 Å². The molecule has 0 bridgehead atoms. The van der Waals surface area contributed by atoms with Crippen LogP contribution >= 0.6 is 0 Å². The molecular formula is C11H16N4O2S. The summed E-state index contributed by atoms with van der Waals surface area (Å²) in [5, 5.41) is 10.3. The molecule has 0 fully saturated rings. The van der Waals surface area contributed by atoms with Crippen LogP contribution in [0.5, 0.6) is 0 Å². The summed E-state index contributed by atoms with van der Waals surface area (Å²) < 4.78 is 26.1. The van der Waals surface area contributed by atoms with E-state index in [1.165, 1.54) is 0 Å². The topological polar surface area (TPSA) is 87.7 Å². The predicted molar refractivity (Wildman–Crippen MR) is 70.8 cm³/mol. The van der Waals surface area contributed by atoms with Gasteiger partial charge in [-0.25, -0.2) is 8.42 Å². The number of nitrogens with zero attached hydrogens (tertiary/aromatic N) is 2. The molecule has 1 heterocycles. The zero-order valence-corrected chi connectivity index (χ0v) is 11.0. The van der Waals surface area contributed by atoms with E-state index in [0.717, 1.165) is 12.8 Å². The average Bonchev–Trinajstić information content (AvgIpc) is 2.75. The molecule has 0 saturated carbocycles. The molecule has 0 aliphatic carbocycles. The van der Waals surface area contributed by atoms with Gasteiger partial charge in [-0.1, -0.05) is 19.8 Å². The fourth-order valence-electron chi connectivity index (χ4n) is 1.68. The van der Waals surface area contributed by atoms with Crippen molar-refractivity contribution in [2.24, 2.45) is 0 Å².